The lowest BCUT2D eigenvalue weighted by Crippen LogP contribution is -2.53. The van der Waals surface area contributed by atoms with Crippen molar-refractivity contribution in [2.24, 2.45) is 5.73 Å². The number of para-hydroxylation sites is 1. The molecule has 0 saturated carbocycles. The molecule has 0 spiro atoms. The SMILES string of the molecule is NC1CCN1c1ccccc1-c1cccnc1. The average molecular weight is 225 g/mol. The van der Waals surface area contributed by atoms with Crippen molar-refractivity contribution in [1.29, 1.82) is 0 Å². The lowest BCUT2D eigenvalue weighted by atomic mass is 10.0. The summed E-state index contributed by atoms with van der Waals surface area (Å²) in [6.07, 6.45) is 4.92. The third-order valence-corrected chi connectivity index (χ3v) is 3.25. The molecule has 0 radical (unpaired) electrons. The number of nitrogens with zero attached hydrogens (tertiary/aromatic N) is 2. The molecular formula is C14H15N3. The van der Waals surface area contributed by atoms with Gasteiger partial charge >= 0.3 is 0 Å². The molecule has 3 heteroatoms. The Bertz CT molecular complexity index is 510. The number of hydrogen-bond donors (Lipinski definition) is 1. The van der Waals surface area contributed by atoms with Gasteiger partial charge in [0, 0.05) is 35.8 Å². The molecule has 3 rings (SSSR count). The molecular weight excluding hydrogens is 210 g/mol. The highest BCUT2D eigenvalue weighted by Gasteiger charge is 2.26. The van der Waals surface area contributed by atoms with Crippen molar-refractivity contribution in [3.63, 3.8) is 0 Å². The van der Waals surface area contributed by atoms with Gasteiger partial charge in [-0.25, -0.2) is 0 Å². The maximum absolute atomic E-state index is 6.01. The van der Waals surface area contributed by atoms with Gasteiger partial charge in [0.05, 0.1) is 6.17 Å². The maximum atomic E-state index is 6.01. The second kappa shape index (κ2) is 4.18. The first-order valence-electron chi connectivity index (χ1n) is 5.88. The van der Waals surface area contributed by atoms with Gasteiger partial charge in [0.2, 0.25) is 0 Å². The molecule has 1 aliphatic heterocycles. The van der Waals surface area contributed by atoms with Crippen LogP contribution in [0.1, 0.15) is 6.42 Å². The number of aromatic nitrogens is 1. The van der Waals surface area contributed by atoms with E-state index in [2.05, 4.69) is 40.2 Å². The number of pyridine rings is 1. The van der Waals surface area contributed by atoms with Gasteiger partial charge in [0.15, 0.2) is 0 Å². The molecule has 1 unspecified atom stereocenters. The highest BCUT2D eigenvalue weighted by molar-refractivity contribution is 5.78. The lowest BCUT2D eigenvalue weighted by molar-refractivity contribution is 0.463. The van der Waals surface area contributed by atoms with Crippen molar-refractivity contribution in [3.05, 3.63) is 48.8 Å². The molecule has 2 heterocycles. The Morgan fingerprint density at radius 1 is 1.18 bits per heavy atom. The fourth-order valence-electron chi connectivity index (χ4n) is 2.20. The van der Waals surface area contributed by atoms with E-state index >= 15 is 0 Å². The summed E-state index contributed by atoms with van der Waals surface area (Å²) < 4.78 is 0. The van der Waals surface area contributed by atoms with Gasteiger partial charge < -0.3 is 10.6 Å². The van der Waals surface area contributed by atoms with Gasteiger partial charge in [0.25, 0.3) is 0 Å². The average Bonchev–Trinajstić information content (AvgIpc) is 2.39. The third-order valence-electron chi connectivity index (χ3n) is 3.25. The Hall–Kier alpha value is -1.87. The summed E-state index contributed by atoms with van der Waals surface area (Å²) in [4.78, 5) is 6.41. The van der Waals surface area contributed by atoms with E-state index in [1.54, 1.807) is 6.20 Å². The van der Waals surface area contributed by atoms with E-state index in [1.807, 2.05) is 12.3 Å². The quantitative estimate of drug-likeness (QED) is 0.852. The van der Waals surface area contributed by atoms with Crippen LogP contribution in [0.2, 0.25) is 0 Å². The fourth-order valence-corrected chi connectivity index (χ4v) is 2.20. The number of hydrogen-bond acceptors (Lipinski definition) is 3. The van der Waals surface area contributed by atoms with Crippen LogP contribution in [0.3, 0.4) is 0 Å². The van der Waals surface area contributed by atoms with Gasteiger partial charge in [0.1, 0.15) is 0 Å². The first kappa shape index (κ1) is 10.3. The van der Waals surface area contributed by atoms with Crippen LogP contribution in [-0.4, -0.2) is 17.7 Å². The van der Waals surface area contributed by atoms with E-state index < -0.39 is 0 Å². The van der Waals surface area contributed by atoms with Gasteiger partial charge in [-0.15, -0.1) is 0 Å². The molecule has 1 aromatic heterocycles. The zero-order valence-electron chi connectivity index (χ0n) is 9.58. The predicted octanol–water partition coefficient (Wildman–Crippen LogP) is 2.24. The first-order chi connectivity index (χ1) is 8.36. The summed E-state index contributed by atoms with van der Waals surface area (Å²) in [5, 5.41) is 0. The Morgan fingerprint density at radius 3 is 2.71 bits per heavy atom. The Kier molecular flexibility index (Phi) is 2.53. The second-order valence-electron chi connectivity index (χ2n) is 4.31. The highest BCUT2D eigenvalue weighted by Crippen LogP contribution is 2.33. The fraction of sp³-hybridized carbons (Fsp3) is 0.214. The van der Waals surface area contributed by atoms with E-state index in [9.17, 15) is 0 Å². The molecule has 1 aliphatic rings. The van der Waals surface area contributed by atoms with Crippen molar-refractivity contribution in [2.45, 2.75) is 12.6 Å². The van der Waals surface area contributed by atoms with Crippen molar-refractivity contribution in [3.8, 4) is 11.1 Å². The van der Waals surface area contributed by atoms with Gasteiger partial charge in [-0.1, -0.05) is 24.3 Å². The summed E-state index contributed by atoms with van der Waals surface area (Å²) >= 11 is 0. The van der Waals surface area contributed by atoms with Gasteiger partial charge in [-0.2, -0.15) is 0 Å². The van der Waals surface area contributed by atoms with Crippen LogP contribution in [0.5, 0.6) is 0 Å². The van der Waals surface area contributed by atoms with Crippen LogP contribution in [0, 0.1) is 0 Å². The molecule has 1 aromatic carbocycles. The first-order valence-corrected chi connectivity index (χ1v) is 5.88. The van der Waals surface area contributed by atoms with E-state index in [0.29, 0.717) is 0 Å². The van der Waals surface area contributed by atoms with Crippen LogP contribution >= 0.6 is 0 Å². The minimum Gasteiger partial charge on any atom is -0.356 e. The van der Waals surface area contributed by atoms with Crippen LogP contribution in [0.25, 0.3) is 11.1 Å². The maximum Gasteiger partial charge on any atom is 0.0788 e. The van der Waals surface area contributed by atoms with Crippen molar-refractivity contribution < 1.29 is 0 Å². The van der Waals surface area contributed by atoms with Crippen molar-refractivity contribution >= 4 is 5.69 Å². The van der Waals surface area contributed by atoms with Gasteiger partial charge in [-0.05, 0) is 18.6 Å². The standard InChI is InChI=1S/C14H15N3/c15-14-7-9-17(14)13-6-2-1-5-12(13)11-4-3-8-16-10-11/h1-6,8,10,14H,7,9,15H2. The molecule has 86 valence electrons. The van der Waals surface area contributed by atoms with Gasteiger partial charge in [-0.3, -0.25) is 4.98 Å². The van der Waals surface area contributed by atoms with Crippen molar-refractivity contribution in [1.82, 2.24) is 4.98 Å². The highest BCUT2D eigenvalue weighted by atomic mass is 15.3. The lowest BCUT2D eigenvalue weighted by Gasteiger charge is -2.41. The van der Waals surface area contributed by atoms with E-state index in [0.717, 1.165) is 18.5 Å². The zero-order valence-corrected chi connectivity index (χ0v) is 9.58. The minimum absolute atomic E-state index is 0.160. The Morgan fingerprint density at radius 2 is 2.06 bits per heavy atom. The minimum atomic E-state index is 0.160. The molecule has 0 aliphatic carbocycles. The summed E-state index contributed by atoms with van der Waals surface area (Å²) in [5.74, 6) is 0. The van der Waals surface area contributed by atoms with Crippen LogP contribution in [0.15, 0.2) is 48.8 Å². The topological polar surface area (TPSA) is 42.1 Å². The van der Waals surface area contributed by atoms with Crippen LogP contribution in [-0.2, 0) is 0 Å². The summed E-state index contributed by atoms with van der Waals surface area (Å²) in [6.45, 7) is 1.04. The predicted molar refractivity (Wildman–Crippen MR) is 69.6 cm³/mol. The molecule has 2 aromatic rings. The van der Waals surface area contributed by atoms with E-state index in [-0.39, 0.29) is 6.17 Å². The molecule has 2 N–H and O–H groups in total. The Balaban J connectivity index is 2.05. The number of nitrogens with two attached hydrogens (primary N) is 1. The number of benzene rings is 1. The monoisotopic (exact) mass is 225 g/mol. The van der Waals surface area contributed by atoms with Crippen molar-refractivity contribution in [2.75, 3.05) is 11.4 Å². The molecule has 1 fully saturated rings. The van der Waals surface area contributed by atoms with E-state index in [4.69, 9.17) is 5.73 Å². The third kappa shape index (κ3) is 1.78. The zero-order chi connectivity index (χ0) is 11.7. The molecule has 1 atom stereocenters. The second-order valence-corrected chi connectivity index (χ2v) is 4.31. The largest absolute Gasteiger partial charge is 0.356 e. The van der Waals surface area contributed by atoms with E-state index in [1.165, 1.54) is 11.3 Å². The molecule has 17 heavy (non-hydrogen) atoms. The molecule has 0 bridgehead atoms. The summed E-state index contributed by atoms with van der Waals surface area (Å²) in [7, 11) is 0. The molecule has 0 amide bonds. The number of anilines is 1. The normalized spacial score (nSPS) is 18.9. The molecule has 1 saturated heterocycles. The summed E-state index contributed by atoms with van der Waals surface area (Å²) in [5.41, 5.74) is 9.56. The van der Waals surface area contributed by atoms with Crippen LogP contribution < -0.4 is 10.6 Å². The number of rotatable bonds is 2. The smallest absolute Gasteiger partial charge is 0.0788 e. The summed E-state index contributed by atoms with van der Waals surface area (Å²) in [6, 6.07) is 12.4. The molecule has 3 nitrogen and oxygen atoms in total. The van der Waals surface area contributed by atoms with Crippen LogP contribution in [0.4, 0.5) is 5.69 Å². The Labute approximate surface area is 101 Å².